The molecule has 2 aliphatic rings. The lowest BCUT2D eigenvalue weighted by Crippen LogP contribution is -2.36. The first kappa shape index (κ1) is 20.2. The largest absolute Gasteiger partial charge is 0.305 e. The number of nitrogens with zero attached hydrogens (tertiary/aromatic N) is 5. The zero-order valence-corrected chi connectivity index (χ0v) is 18.3. The number of hydrogen-bond donors (Lipinski definition) is 1. The van der Waals surface area contributed by atoms with Crippen LogP contribution in [0.4, 0.5) is 0 Å². The zero-order valence-electron chi connectivity index (χ0n) is 17.6. The van der Waals surface area contributed by atoms with Crippen molar-refractivity contribution in [2.75, 3.05) is 13.1 Å². The number of aryl methyl sites for hydroxylation is 1. The van der Waals surface area contributed by atoms with Crippen molar-refractivity contribution in [1.29, 1.82) is 0 Å². The summed E-state index contributed by atoms with van der Waals surface area (Å²) in [6.07, 6.45) is 3.83. The van der Waals surface area contributed by atoms with Crippen molar-refractivity contribution < 1.29 is 0 Å². The first-order valence-electron chi connectivity index (χ1n) is 10.8. The van der Waals surface area contributed by atoms with Gasteiger partial charge in [-0.25, -0.2) is 9.67 Å². The highest BCUT2D eigenvalue weighted by molar-refractivity contribution is 6.30. The number of nitrogens with one attached hydrogen (secondary N) is 1. The molecule has 0 fully saturated rings. The summed E-state index contributed by atoms with van der Waals surface area (Å²) in [5.41, 5.74) is 5.35. The molecule has 1 aromatic carbocycles. The Morgan fingerprint density at radius 3 is 2.77 bits per heavy atom. The van der Waals surface area contributed by atoms with E-state index in [2.05, 4.69) is 20.0 Å². The molecule has 5 rings (SSSR count). The minimum atomic E-state index is -0.0548. The Kier molecular flexibility index (Phi) is 5.46. The van der Waals surface area contributed by atoms with Crippen molar-refractivity contribution in [3.05, 3.63) is 74.2 Å². The van der Waals surface area contributed by atoms with Gasteiger partial charge < -0.3 is 4.98 Å². The number of hydrogen-bond acceptors (Lipinski definition) is 5. The molecule has 2 aromatic heterocycles. The Morgan fingerprint density at radius 1 is 1.16 bits per heavy atom. The maximum absolute atomic E-state index is 12.8. The molecule has 0 bridgehead atoms. The number of benzene rings is 1. The highest BCUT2D eigenvalue weighted by atomic mass is 35.5. The van der Waals surface area contributed by atoms with E-state index in [1.165, 1.54) is 0 Å². The third-order valence-electron chi connectivity index (χ3n) is 6.05. The Balaban J connectivity index is 1.38. The lowest BCUT2D eigenvalue weighted by atomic mass is 10.0. The number of para-hydroxylation sites is 1. The Bertz CT molecular complexity index is 1200. The molecule has 0 atom stereocenters. The second-order valence-corrected chi connectivity index (χ2v) is 8.55. The van der Waals surface area contributed by atoms with E-state index in [0.717, 1.165) is 72.7 Å². The molecule has 160 valence electrons. The predicted octanol–water partition coefficient (Wildman–Crippen LogP) is 3.45. The van der Waals surface area contributed by atoms with Crippen LogP contribution >= 0.6 is 11.6 Å². The highest BCUT2D eigenvalue weighted by Crippen LogP contribution is 2.26. The van der Waals surface area contributed by atoms with Crippen LogP contribution in [0.1, 0.15) is 47.6 Å². The van der Waals surface area contributed by atoms with Crippen molar-refractivity contribution >= 4 is 17.3 Å². The van der Waals surface area contributed by atoms with E-state index < -0.39 is 0 Å². The van der Waals surface area contributed by atoms with Gasteiger partial charge in [0.15, 0.2) is 5.82 Å². The standard InChI is InChI=1S/C23H25ClN6O/c1-15-17(21(24)30(28-15)16-7-3-2-4-8-16)13-29-12-10-19-18(14-29)23(31)27-22(26-19)20-9-5-6-11-25-20/h2-4,7-8H,5-6,9-14H2,1H3,(H,26,27,31). The molecule has 2 aliphatic heterocycles. The summed E-state index contributed by atoms with van der Waals surface area (Å²) in [7, 11) is 0. The average molecular weight is 437 g/mol. The number of halogens is 1. The number of fused-ring (bicyclic) bond motifs is 1. The van der Waals surface area contributed by atoms with E-state index >= 15 is 0 Å². The van der Waals surface area contributed by atoms with Gasteiger partial charge in [-0.3, -0.25) is 14.7 Å². The van der Waals surface area contributed by atoms with Gasteiger partial charge >= 0.3 is 0 Å². The van der Waals surface area contributed by atoms with Crippen LogP contribution in [-0.2, 0) is 19.5 Å². The van der Waals surface area contributed by atoms with E-state index in [0.29, 0.717) is 24.1 Å². The molecule has 0 radical (unpaired) electrons. The van der Waals surface area contributed by atoms with Crippen LogP contribution in [0, 0.1) is 6.92 Å². The summed E-state index contributed by atoms with van der Waals surface area (Å²) in [5.74, 6) is 0.653. The second-order valence-electron chi connectivity index (χ2n) is 8.19. The second kappa shape index (κ2) is 8.40. The molecular formula is C23H25ClN6O. The molecule has 31 heavy (non-hydrogen) atoms. The monoisotopic (exact) mass is 436 g/mol. The molecule has 0 amide bonds. The maximum Gasteiger partial charge on any atom is 0.255 e. The lowest BCUT2D eigenvalue weighted by Gasteiger charge is -2.27. The first-order valence-corrected chi connectivity index (χ1v) is 11.2. The minimum absolute atomic E-state index is 0.0548. The lowest BCUT2D eigenvalue weighted by molar-refractivity contribution is 0.241. The molecule has 0 unspecified atom stereocenters. The molecular weight excluding hydrogens is 412 g/mol. The summed E-state index contributed by atoms with van der Waals surface area (Å²) < 4.78 is 1.77. The third kappa shape index (κ3) is 3.95. The number of aliphatic imine (C=N–C) groups is 1. The number of H-pyrrole nitrogens is 1. The highest BCUT2D eigenvalue weighted by Gasteiger charge is 2.25. The summed E-state index contributed by atoms with van der Waals surface area (Å²) in [5, 5.41) is 5.25. The van der Waals surface area contributed by atoms with E-state index in [9.17, 15) is 4.79 Å². The van der Waals surface area contributed by atoms with Gasteiger partial charge in [0.2, 0.25) is 0 Å². The predicted molar refractivity (Wildman–Crippen MR) is 121 cm³/mol. The fourth-order valence-electron chi connectivity index (χ4n) is 4.32. The minimum Gasteiger partial charge on any atom is -0.305 e. The Morgan fingerprint density at radius 2 is 2.00 bits per heavy atom. The molecule has 3 aromatic rings. The van der Waals surface area contributed by atoms with Crippen LogP contribution in [0.25, 0.3) is 5.69 Å². The summed E-state index contributed by atoms with van der Waals surface area (Å²) >= 11 is 6.70. The third-order valence-corrected chi connectivity index (χ3v) is 6.44. The van der Waals surface area contributed by atoms with Crippen LogP contribution in [0.2, 0.25) is 5.15 Å². The van der Waals surface area contributed by atoms with Crippen LogP contribution < -0.4 is 5.56 Å². The van der Waals surface area contributed by atoms with Crippen LogP contribution in [0.15, 0.2) is 40.1 Å². The van der Waals surface area contributed by atoms with E-state index in [-0.39, 0.29) is 5.56 Å². The Labute approximate surface area is 185 Å². The number of aromatic nitrogens is 4. The molecule has 0 saturated heterocycles. The first-order chi connectivity index (χ1) is 15.1. The Hall–Kier alpha value is -2.77. The molecule has 7 nitrogen and oxygen atoms in total. The van der Waals surface area contributed by atoms with E-state index in [4.69, 9.17) is 16.6 Å². The van der Waals surface area contributed by atoms with Crippen molar-refractivity contribution in [3.8, 4) is 5.69 Å². The SMILES string of the molecule is Cc1nn(-c2ccccc2)c(Cl)c1CN1CCc2nc(C3=NCCCC3)[nH]c(=O)c2C1. The van der Waals surface area contributed by atoms with Crippen LogP contribution in [0.5, 0.6) is 0 Å². The smallest absolute Gasteiger partial charge is 0.255 e. The van der Waals surface area contributed by atoms with Crippen molar-refractivity contribution in [1.82, 2.24) is 24.6 Å². The fourth-order valence-corrected chi connectivity index (χ4v) is 4.65. The normalized spacial score (nSPS) is 16.8. The van der Waals surface area contributed by atoms with E-state index in [1.807, 2.05) is 37.3 Å². The molecule has 8 heteroatoms. The van der Waals surface area contributed by atoms with Crippen LogP contribution in [0.3, 0.4) is 0 Å². The van der Waals surface area contributed by atoms with Gasteiger partial charge in [0.05, 0.1) is 28.4 Å². The molecule has 0 spiro atoms. The fraction of sp³-hybridized carbons (Fsp3) is 0.391. The summed E-state index contributed by atoms with van der Waals surface area (Å²) in [6, 6.07) is 9.88. The molecule has 4 heterocycles. The topological polar surface area (TPSA) is 79.2 Å². The molecule has 1 N–H and O–H groups in total. The maximum atomic E-state index is 12.8. The van der Waals surface area contributed by atoms with Gasteiger partial charge in [0.25, 0.3) is 5.56 Å². The van der Waals surface area contributed by atoms with Gasteiger partial charge in [-0.2, -0.15) is 5.10 Å². The number of rotatable bonds is 4. The van der Waals surface area contributed by atoms with E-state index in [1.54, 1.807) is 4.68 Å². The number of aromatic amines is 1. The quantitative estimate of drug-likeness (QED) is 0.679. The van der Waals surface area contributed by atoms with Crippen molar-refractivity contribution in [2.24, 2.45) is 4.99 Å². The molecule has 0 saturated carbocycles. The summed E-state index contributed by atoms with van der Waals surface area (Å²) in [4.78, 5) is 27.4. The van der Waals surface area contributed by atoms with Gasteiger partial charge in [-0.15, -0.1) is 0 Å². The van der Waals surface area contributed by atoms with Gasteiger partial charge in [-0.1, -0.05) is 29.8 Å². The molecule has 0 aliphatic carbocycles. The van der Waals surface area contributed by atoms with Crippen LogP contribution in [-0.4, -0.2) is 43.4 Å². The average Bonchev–Trinajstić information content (AvgIpc) is 3.09. The summed E-state index contributed by atoms with van der Waals surface area (Å²) in [6.45, 7) is 4.81. The van der Waals surface area contributed by atoms with Gasteiger partial charge in [-0.05, 0) is 38.3 Å². The zero-order chi connectivity index (χ0) is 21.4. The van der Waals surface area contributed by atoms with Crippen molar-refractivity contribution in [2.45, 2.75) is 45.7 Å². The van der Waals surface area contributed by atoms with Crippen molar-refractivity contribution in [3.63, 3.8) is 0 Å². The van der Waals surface area contributed by atoms with Gasteiger partial charge in [0.1, 0.15) is 5.15 Å². The van der Waals surface area contributed by atoms with Gasteiger partial charge in [0, 0.05) is 38.2 Å².